The molecule has 46 heavy (non-hydrogen) atoms. The average Bonchev–Trinajstić information content (AvgIpc) is 3.04. The normalized spacial score (nSPS) is 17.6. The van der Waals surface area contributed by atoms with Crippen molar-refractivity contribution < 1.29 is 47.6 Å². The summed E-state index contributed by atoms with van der Waals surface area (Å²) in [5.74, 6) is 0.351. The van der Waals surface area contributed by atoms with Crippen molar-refractivity contribution in [3.8, 4) is 11.5 Å². The molecule has 3 aromatic carbocycles. The molecule has 0 aromatic heterocycles. The highest BCUT2D eigenvalue weighted by Gasteiger charge is 2.33. The first-order valence-corrected chi connectivity index (χ1v) is 15.4. The van der Waals surface area contributed by atoms with Gasteiger partial charge in [-0.25, -0.2) is 19.2 Å². The Balaban J connectivity index is 1.25. The lowest BCUT2D eigenvalue weighted by Gasteiger charge is -2.36. The molecule has 1 aliphatic rings. The molecule has 3 atom stereocenters. The van der Waals surface area contributed by atoms with Crippen molar-refractivity contribution in [3.05, 3.63) is 84.4 Å². The second kappa shape index (κ2) is 16.6. The number of rotatable bonds is 13. The summed E-state index contributed by atoms with van der Waals surface area (Å²) in [6, 6.07) is 16.3. The first kappa shape index (κ1) is 34.2. The van der Waals surface area contributed by atoms with Crippen LogP contribution in [0.15, 0.2) is 73.3 Å². The number of fused-ring (bicyclic) bond motifs is 1. The van der Waals surface area contributed by atoms with Gasteiger partial charge in [0.1, 0.15) is 30.8 Å². The maximum Gasteiger partial charge on any atom is 0.513 e. The van der Waals surface area contributed by atoms with Crippen LogP contribution in [0, 0.1) is 17.8 Å². The van der Waals surface area contributed by atoms with Crippen LogP contribution < -0.4 is 9.47 Å². The fourth-order valence-electron chi connectivity index (χ4n) is 5.37. The van der Waals surface area contributed by atoms with Crippen LogP contribution in [-0.4, -0.2) is 56.6 Å². The first-order chi connectivity index (χ1) is 22.1. The molecule has 0 heterocycles. The lowest BCUT2D eigenvalue weighted by molar-refractivity contribution is -0.139. The quantitative estimate of drug-likeness (QED) is 0.0489. The van der Waals surface area contributed by atoms with Gasteiger partial charge in [0.05, 0.1) is 24.3 Å². The minimum absolute atomic E-state index is 0.0559. The molecule has 4 rings (SSSR count). The van der Waals surface area contributed by atoms with E-state index in [1.807, 2.05) is 0 Å². The van der Waals surface area contributed by atoms with E-state index in [0.29, 0.717) is 28.9 Å². The Kier molecular flexibility index (Phi) is 12.3. The molecule has 0 N–H and O–H groups in total. The van der Waals surface area contributed by atoms with E-state index in [1.54, 1.807) is 36.4 Å². The van der Waals surface area contributed by atoms with Crippen molar-refractivity contribution in [1.29, 1.82) is 0 Å². The maximum absolute atomic E-state index is 13.1. The number of benzene rings is 3. The summed E-state index contributed by atoms with van der Waals surface area (Å²) < 4.78 is 31.5. The summed E-state index contributed by atoms with van der Waals surface area (Å²) in [5, 5.41) is 1.58. The average molecular weight is 633 g/mol. The van der Waals surface area contributed by atoms with Gasteiger partial charge in [-0.05, 0) is 89.9 Å². The van der Waals surface area contributed by atoms with E-state index in [2.05, 4.69) is 27.4 Å². The second-order valence-corrected chi connectivity index (χ2v) is 11.6. The van der Waals surface area contributed by atoms with Crippen molar-refractivity contribution in [2.75, 3.05) is 26.4 Å². The van der Waals surface area contributed by atoms with Crippen LogP contribution in [0.3, 0.4) is 0 Å². The number of carbonyl (C=O) groups excluding carboxylic acids is 4. The zero-order valence-corrected chi connectivity index (χ0v) is 26.4. The van der Waals surface area contributed by atoms with Crippen molar-refractivity contribution in [3.63, 3.8) is 0 Å². The molecule has 244 valence electrons. The lowest BCUT2D eigenvalue weighted by atomic mass is 9.75. The van der Waals surface area contributed by atoms with Crippen molar-refractivity contribution in [2.24, 2.45) is 17.8 Å². The number of esters is 3. The van der Waals surface area contributed by atoms with E-state index in [0.717, 1.165) is 36.1 Å². The third-order valence-electron chi connectivity index (χ3n) is 7.85. The summed E-state index contributed by atoms with van der Waals surface area (Å²) >= 11 is 0. The molecule has 1 saturated carbocycles. The van der Waals surface area contributed by atoms with E-state index in [-0.39, 0.29) is 50.0 Å². The van der Waals surface area contributed by atoms with Gasteiger partial charge in [0.25, 0.3) is 0 Å². The van der Waals surface area contributed by atoms with Crippen LogP contribution in [0.2, 0.25) is 0 Å². The molecule has 3 unspecified atom stereocenters. The molecule has 0 aliphatic heterocycles. The van der Waals surface area contributed by atoms with E-state index in [1.165, 1.54) is 24.3 Å². The predicted molar refractivity (Wildman–Crippen MR) is 170 cm³/mol. The van der Waals surface area contributed by atoms with Crippen molar-refractivity contribution in [2.45, 2.75) is 46.1 Å². The minimum atomic E-state index is -0.928. The van der Waals surface area contributed by atoms with E-state index >= 15 is 0 Å². The molecule has 0 spiro atoms. The van der Waals surface area contributed by atoms with Gasteiger partial charge >= 0.3 is 24.1 Å². The van der Waals surface area contributed by atoms with E-state index in [9.17, 15) is 19.2 Å². The summed E-state index contributed by atoms with van der Waals surface area (Å²) in [4.78, 5) is 48.7. The van der Waals surface area contributed by atoms with Gasteiger partial charge < -0.3 is 28.4 Å². The molecule has 10 heteroatoms. The molecule has 0 saturated heterocycles. The molecular formula is C36H40O10. The SMILES string of the molecule is C=CC(=O)OCCOCCOC(=O)Oc1ccc(OC(=O)c2ccc3cc(C(=O)OC4CC(C)CCC4C(C)C)ccc3c2)cc1. The van der Waals surface area contributed by atoms with Crippen LogP contribution >= 0.6 is 0 Å². The summed E-state index contributed by atoms with van der Waals surface area (Å²) in [5.41, 5.74) is 0.815. The van der Waals surface area contributed by atoms with Crippen molar-refractivity contribution in [1.82, 2.24) is 0 Å². The molecular weight excluding hydrogens is 592 g/mol. The zero-order valence-electron chi connectivity index (χ0n) is 26.4. The summed E-state index contributed by atoms with van der Waals surface area (Å²) in [6.45, 7) is 10.1. The van der Waals surface area contributed by atoms with Crippen LogP contribution in [0.4, 0.5) is 4.79 Å². The molecule has 0 bridgehead atoms. The molecule has 1 aliphatic carbocycles. The molecule has 1 fully saturated rings. The van der Waals surface area contributed by atoms with Crippen LogP contribution in [-0.2, 0) is 23.7 Å². The number of carbonyl (C=O) groups is 4. The lowest BCUT2D eigenvalue weighted by Crippen LogP contribution is -2.35. The van der Waals surface area contributed by atoms with Gasteiger partial charge in [0, 0.05) is 6.08 Å². The van der Waals surface area contributed by atoms with Gasteiger partial charge in [-0.2, -0.15) is 0 Å². The Morgan fingerprint density at radius 3 is 1.98 bits per heavy atom. The third kappa shape index (κ3) is 9.90. The van der Waals surface area contributed by atoms with Gasteiger partial charge in [0.15, 0.2) is 0 Å². The monoisotopic (exact) mass is 632 g/mol. The van der Waals surface area contributed by atoms with Crippen LogP contribution in [0.5, 0.6) is 11.5 Å². The highest BCUT2D eigenvalue weighted by molar-refractivity contribution is 5.99. The Morgan fingerprint density at radius 1 is 0.783 bits per heavy atom. The van der Waals surface area contributed by atoms with Crippen LogP contribution in [0.25, 0.3) is 10.8 Å². The minimum Gasteiger partial charge on any atom is -0.460 e. The molecule has 3 aromatic rings. The Bertz CT molecular complexity index is 1530. The molecule has 0 radical (unpaired) electrons. The largest absolute Gasteiger partial charge is 0.513 e. The van der Waals surface area contributed by atoms with Gasteiger partial charge in [-0.15, -0.1) is 0 Å². The number of hydrogen-bond acceptors (Lipinski definition) is 10. The van der Waals surface area contributed by atoms with Crippen molar-refractivity contribution >= 4 is 34.8 Å². The second-order valence-electron chi connectivity index (χ2n) is 11.6. The standard InChI is InChI=1S/C36H40O10/c1-5-33(37)42-18-16-41-17-19-43-36(40)45-30-13-11-29(12-14-30)44-34(38)27-9-7-26-22-28(10-8-25(26)21-27)35(39)46-32-20-24(4)6-15-31(32)23(2)3/h5,7-14,21-24,31-32H,1,6,15-20H2,2-4H3. The Morgan fingerprint density at radius 2 is 1.37 bits per heavy atom. The third-order valence-corrected chi connectivity index (χ3v) is 7.85. The summed E-state index contributed by atoms with van der Waals surface area (Å²) in [7, 11) is 0. The fourth-order valence-corrected chi connectivity index (χ4v) is 5.37. The van der Waals surface area contributed by atoms with Gasteiger partial charge in [-0.3, -0.25) is 0 Å². The first-order valence-electron chi connectivity index (χ1n) is 15.4. The highest BCUT2D eigenvalue weighted by Crippen LogP contribution is 2.36. The maximum atomic E-state index is 13.1. The topological polar surface area (TPSA) is 124 Å². The molecule has 10 nitrogen and oxygen atoms in total. The zero-order chi connectivity index (χ0) is 33.1. The smallest absolute Gasteiger partial charge is 0.460 e. The Labute approximate surface area is 268 Å². The predicted octanol–water partition coefficient (Wildman–Crippen LogP) is 6.94. The Hall–Kier alpha value is -4.70. The molecule has 0 amide bonds. The van der Waals surface area contributed by atoms with Gasteiger partial charge in [0.2, 0.25) is 0 Å². The number of hydrogen-bond donors (Lipinski definition) is 0. The number of ether oxygens (including phenoxy) is 6. The fraction of sp³-hybridized carbons (Fsp3) is 0.389. The van der Waals surface area contributed by atoms with Gasteiger partial charge in [-0.1, -0.05) is 45.9 Å². The van der Waals surface area contributed by atoms with Crippen LogP contribution in [0.1, 0.15) is 60.7 Å². The van der Waals surface area contributed by atoms with E-state index < -0.39 is 18.1 Å². The highest BCUT2D eigenvalue weighted by atomic mass is 16.7. The van der Waals surface area contributed by atoms with E-state index in [4.69, 9.17) is 28.4 Å². The summed E-state index contributed by atoms with van der Waals surface area (Å²) in [6.07, 6.45) is 3.15.